The maximum Gasteiger partial charge on any atom is 0.257 e. The molecule has 1 saturated carbocycles. The summed E-state index contributed by atoms with van der Waals surface area (Å²) in [5, 5.41) is 2.81. The van der Waals surface area contributed by atoms with E-state index in [0.29, 0.717) is 28.0 Å². The van der Waals surface area contributed by atoms with Crippen LogP contribution in [0.1, 0.15) is 56.8 Å². The van der Waals surface area contributed by atoms with Gasteiger partial charge in [-0.25, -0.2) is 21.6 Å². The lowest BCUT2D eigenvalue weighted by Gasteiger charge is -2.35. The standard InChI is InChI=1S/C25H34N4O5S2/c1-24(2,3)28-36(33,34)20-7-5-6-18(16-20)26-23(30)21-9-8-19(27-35(4,31)32)17-22(21)29-14-12-25(10-11-25)13-15-29/h5-9,16-17,27-28H,10-15H2,1-4H3,(H,26,30). The molecule has 0 aromatic heterocycles. The summed E-state index contributed by atoms with van der Waals surface area (Å²) >= 11 is 0. The molecule has 2 aromatic rings. The van der Waals surface area contributed by atoms with Crippen LogP contribution in [-0.2, 0) is 20.0 Å². The molecule has 2 aromatic carbocycles. The van der Waals surface area contributed by atoms with E-state index in [9.17, 15) is 21.6 Å². The molecule has 0 bridgehead atoms. The van der Waals surface area contributed by atoms with Crippen molar-refractivity contribution in [1.29, 1.82) is 0 Å². The van der Waals surface area contributed by atoms with Gasteiger partial charge in [0.15, 0.2) is 0 Å². The van der Waals surface area contributed by atoms with E-state index in [1.54, 1.807) is 51.1 Å². The largest absolute Gasteiger partial charge is 0.371 e. The Labute approximate surface area is 213 Å². The molecule has 1 heterocycles. The quantitative estimate of drug-likeness (QED) is 0.497. The van der Waals surface area contributed by atoms with Crippen molar-refractivity contribution in [3.63, 3.8) is 0 Å². The highest BCUT2D eigenvalue weighted by molar-refractivity contribution is 7.92. The minimum Gasteiger partial charge on any atom is -0.371 e. The van der Waals surface area contributed by atoms with Crippen LogP contribution in [0.4, 0.5) is 17.1 Å². The summed E-state index contributed by atoms with van der Waals surface area (Å²) in [4.78, 5) is 15.5. The maximum atomic E-state index is 13.4. The van der Waals surface area contributed by atoms with Gasteiger partial charge in [0, 0.05) is 24.3 Å². The molecule has 1 saturated heterocycles. The fraction of sp³-hybridized carbons (Fsp3) is 0.480. The number of benzene rings is 2. The Kier molecular flexibility index (Phi) is 6.87. The third-order valence-electron chi connectivity index (χ3n) is 6.51. The first-order chi connectivity index (χ1) is 16.6. The van der Waals surface area contributed by atoms with Crippen LogP contribution in [-0.4, -0.2) is 47.6 Å². The number of rotatable bonds is 7. The zero-order valence-corrected chi connectivity index (χ0v) is 22.7. The number of hydrogen-bond acceptors (Lipinski definition) is 6. The molecule has 0 radical (unpaired) electrons. The Balaban J connectivity index is 1.61. The zero-order valence-electron chi connectivity index (χ0n) is 21.1. The van der Waals surface area contributed by atoms with Crippen molar-refractivity contribution in [3.05, 3.63) is 48.0 Å². The van der Waals surface area contributed by atoms with E-state index < -0.39 is 31.5 Å². The summed E-state index contributed by atoms with van der Waals surface area (Å²) in [6.45, 7) is 6.84. The van der Waals surface area contributed by atoms with Crippen molar-refractivity contribution in [3.8, 4) is 0 Å². The van der Waals surface area contributed by atoms with E-state index in [1.807, 2.05) is 0 Å². The Morgan fingerprint density at radius 2 is 1.58 bits per heavy atom. The van der Waals surface area contributed by atoms with Gasteiger partial charge in [0.25, 0.3) is 5.91 Å². The van der Waals surface area contributed by atoms with Gasteiger partial charge in [-0.3, -0.25) is 9.52 Å². The summed E-state index contributed by atoms with van der Waals surface area (Å²) in [6, 6.07) is 10.9. The van der Waals surface area contributed by atoms with Gasteiger partial charge < -0.3 is 10.2 Å². The van der Waals surface area contributed by atoms with Gasteiger partial charge in [-0.2, -0.15) is 0 Å². The predicted octanol–water partition coefficient (Wildman–Crippen LogP) is 3.77. The molecule has 36 heavy (non-hydrogen) atoms. The lowest BCUT2D eigenvalue weighted by molar-refractivity contribution is 0.102. The van der Waals surface area contributed by atoms with E-state index in [4.69, 9.17) is 0 Å². The first-order valence-electron chi connectivity index (χ1n) is 12.0. The van der Waals surface area contributed by atoms with Gasteiger partial charge in [-0.05, 0) is 88.3 Å². The molecule has 1 spiro atoms. The van der Waals surface area contributed by atoms with Gasteiger partial charge in [0.1, 0.15) is 0 Å². The lowest BCUT2D eigenvalue weighted by Crippen LogP contribution is -2.40. The smallest absolute Gasteiger partial charge is 0.257 e. The minimum atomic E-state index is -3.77. The van der Waals surface area contributed by atoms with E-state index >= 15 is 0 Å². The van der Waals surface area contributed by atoms with Gasteiger partial charge in [0.2, 0.25) is 20.0 Å². The summed E-state index contributed by atoms with van der Waals surface area (Å²) in [7, 11) is -7.25. The van der Waals surface area contributed by atoms with Crippen LogP contribution >= 0.6 is 0 Å². The summed E-state index contributed by atoms with van der Waals surface area (Å²) in [5.41, 5.74) is 1.56. The second-order valence-electron chi connectivity index (χ2n) is 10.9. The number of piperidine rings is 1. The predicted molar refractivity (Wildman–Crippen MR) is 142 cm³/mol. The number of sulfonamides is 2. The lowest BCUT2D eigenvalue weighted by atomic mass is 9.93. The van der Waals surface area contributed by atoms with Crippen LogP contribution in [0, 0.1) is 5.41 Å². The van der Waals surface area contributed by atoms with E-state index in [-0.39, 0.29) is 4.90 Å². The maximum absolute atomic E-state index is 13.4. The highest BCUT2D eigenvalue weighted by Crippen LogP contribution is 2.54. The second-order valence-corrected chi connectivity index (χ2v) is 14.4. The molecule has 196 valence electrons. The fourth-order valence-corrected chi connectivity index (χ4v) is 6.58. The molecule has 3 N–H and O–H groups in total. The number of anilines is 3. The SMILES string of the molecule is CC(C)(C)NS(=O)(=O)c1cccc(NC(=O)c2ccc(NS(C)(=O)=O)cc2N2CCC3(CC2)CC3)c1. The zero-order chi connectivity index (χ0) is 26.4. The van der Waals surface area contributed by atoms with Gasteiger partial charge >= 0.3 is 0 Å². The van der Waals surface area contributed by atoms with Crippen LogP contribution in [0.3, 0.4) is 0 Å². The Morgan fingerprint density at radius 1 is 0.917 bits per heavy atom. The highest BCUT2D eigenvalue weighted by atomic mass is 32.2. The molecule has 1 amide bonds. The Morgan fingerprint density at radius 3 is 2.17 bits per heavy atom. The molecule has 9 nitrogen and oxygen atoms in total. The van der Waals surface area contributed by atoms with Crippen molar-refractivity contribution >= 4 is 43.0 Å². The summed E-state index contributed by atoms with van der Waals surface area (Å²) < 4.78 is 54.1. The van der Waals surface area contributed by atoms with E-state index in [0.717, 1.165) is 32.2 Å². The molecule has 0 unspecified atom stereocenters. The summed E-state index contributed by atoms with van der Waals surface area (Å²) in [5.74, 6) is -0.402. The van der Waals surface area contributed by atoms with Gasteiger partial charge in [0.05, 0.1) is 28.1 Å². The van der Waals surface area contributed by atoms with Gasteiger partial charge in [-0.1, -0.05) is 6.07 Å². The van der Waals surface area contributed by atoms with E-state index in [2.05, 4.69) is 19.7 Å². The highest BCUT2D eigenvalue weighted by Gasteiger charge is 2.44. The van der Waals surface area contributed by atoms with Crippen molar-refractivity contribution in [2.24, 2.45) is 5.41 Å². The molecule has 4 rings (SSSR count). The Bertz CT molecular complexity index is 1370. The van der Waals surface area contributed by atoms with Crippen LogP contribution in [0.15, 0.2) is 47.4 Å². The van der Waals surface area contributed by atoms with Crippen LogP contribution in [0.2, 0.25) is 0 Å². The molecule has 1 aliphatic heterocycles. The molecular formula is C25H34N4O5S2. The number of carbonyl (C=O) groups excluding carboxylic acids is 1. The first-order valence-corrected chi connectivity index (χ1v) is 15.3. The number of nitrogens with one attached hydrogen (secondary N) is 3. The number of nitrogens with zero attached hydrogens (tertiary/aromatic N) is 1. The average molecular weight is 535 g/mol. The number of amides is 1. The number of carbonyl (C=O) groups is 1. The van der Waals surface area contributed by atoms with Crippen molar-refractivity contribution in [1.82, 2.24) is 4.72 Å². The third-order valence-corrected chi connectivity index (χ3v) is 8.87. The van der Waals surface area contributed by atoms with Crippen molar-refractivity contribution in [2.45, 2.75) is 56.9 Å². The molecule has 2 fully saturated rings. The third kappa shape index (κ3) is 6.57. The molecule has 2 aliphatic rings. The Hall–Kier alpha value is -2.63. The van der Waals surface area contributed by atoms with Gasteiger partial charge in [-0.15, -0.1) is 0 Å². The second kappa shape index (κ2) is 9.35. The monoisotopic (exact) mass is 534 g/mol. The van der Waals surface area contributed by atoms with Crippen LogP contribution in [0.25, 0.3) is 0 Å². The molecule has 1 aliphatic carbocycles. The average Bonchev–Trinajstić information content (AvgIpc) is 3.50. The van der Waals surface area contributed by atoms with Crippen LogP contribution < -0.4 is 19.7 Å². The van der Waals surface area contributed by atoms with E-state index in [1.165, 1.54) is 25.0 Å². The first kappa shape index (κ1) is 26.4. The van der Waals surface area contributed by atoms with Crippen molar-refractivity contribution < 1.29 is 21.6 Å². The van der Waals surface area contributed by atoms with Crippen LogP contribution in [0.5, 0.6) is 0 Å². The molecule has 0 atom stereocenters. The topological polar surface area (TPSA) is 125 Å². The number of hydrogen-bond donors (Lipinski definition) is 3. The fourth-order valence-electron chi connectivity index (χ4n) is 4.56. The van der Waals surface area contributed by atoms with Crippen molar-refractivity contribution in [2.75, 3.05) is 34.3 Å². The minimum absolute atomic E-state index is 0.0499. The summed E-state index contributed by atoms with van der Waals surface area (Å²) in [6.07, 6.45) is 5.65. The normalized spacial score (nSPS) is 17.6. The molecular weight excluding hydrogens is 500 g/mol. The molecule has 11 heteroatoms.